The van der Waals surface area contributed by atoms with E-state index >= 15 is 0 Å². The second-order valence-electron chi connectivity index (χ2n) is 4.97. The lowest BCUT2D eigenvalue weighted by atomic mass is 10.00. The summed E-state index contributed by atoms with van der Waals surface area (Å²) in [6.45, 7) is 3.81. The predicted molar refractivity (Wildman–Crippen MR) is 73.0 cm³/mol. The van der Waals surface area contributed by atoms with E-state index in [1.807, 2.05) is 13.8 Å². The van der Waals surface area contributed by atoms with Crippen LogP contribution >= 0.6 is 11.6 Å². The molecule has 2 N–H and O–H groups in total. The highest BCUT2D eigenvalue weighted by Gasteiger charge is 2.43. The minimum absolute atomic E-state index is 0.0257. The van der Waals surface area contributed by atoms with Gasteiger partial charge in [0, 0.05) is 5.92 Å². The number of rotatable bonds is 2. The SMILES string of the molecule is CC[C@H]1O[C@@H](n2cnc3c(Cl)nc(N)nc32)[C@@H](F)[C@@H]1C. The van der Waals surface area contributed by atoms with Crippen molar-refractivity contribution in [3.8, 4) is 0 Å². The lowest BCUT2D eigenvalue weighted by Gasteiger charge is -2.15. The molecule has 20 heavy (non-hydrogen) atoms. The molecule has 4 atom stereocenters. The molecule has 6 nitrogen and oxygen atoms in total. The van der Waals surface area contributed by atoms with E-state index < -0.39 is 12.4 Å². The molecule has 0 unspecified atom stereocenters. The zero-order valence-corrected chi connectivity index (χ0v) is 11.9. The molecule has 1 aliphatic heterocycles. The molecule has 2 aromatic heterocycles. The number of hydrogen-bond donors (Lipinski definition) is 1. The van der Waals surface area contributed by atoms with Crippen molar-refractivity contribution in [3.05, 3.63) is 11.5 Å². The van der Waals surface area contributed by atoms with Gasteiger partial charge in [-0.2, -0.15) is 9.97 Å². The Labute approximate surface area is 120 Å². The topological polar surface area (TPSA) is 78.8 Å². The van der Waals surface area contributed by atoms with Crippen LogP contribution in [0.25, 0.3) is 11.2 Å². The van der Waals surface area contributed by atoms with Crippen LogP contribution in [0.2, 0.25) is 5.15 Å². The molecule has 0 aromatic carbocycles. The van der Waals surface area contributed by atoms with Crippen molar-refractivity contribution in [2.24, 2.45) is 5.92 Å². The second-order valence-corrected chi connectivity index (χ2v) is 5.33. The number of nitrogens with two attached hydrogens (primary N) is 1. The molecule has 3 heterocycles. The van der Waals surface area contributed by atoms with Gasteiger partial charge in [-0.25, -0.2) is 9.37 Å². The minimum atomic E-state index is -1.13. The largest absolute Gasteiger partial charge is 0.368 e. The van der Waals surface area contributed by atoms with Gasteiger partial charge in [-0.05, 0) is 6.42 Å². The molecule has 2 aromatic rings. The number of nitrogen functional groups attached to an aromatic ring is 1. The maximum Gasteiger partial charge on any atom is 0.223 e. The van der Waals surface area contributed by atoms with Gasteiger partial charge in [0.1, 0.15) is 5.52 Å². The van der Waals surface area contributed by atoms with Crippen molar-refractivity contribution < 1.29 is 9.13 Å². The third-order valence-corrected chi connectivity index (χ3v) is 4.01. The summed E-state index contributed by atoms with van der Waals surface area (Å²) < 4.78 is 21.7. The van der Waals surface area contributed by atoms with Crippen molar-refractivity contribution in [2.75, 3.05) is 5.73 Å². The van der Waals surface area contributed by atoms with Crippen LogP contribution in [0.5, 0.6) is 0 Å². The van der Waals surface area contributed by atoms with Gasteiger partial charge < -0.3 is 10.5 Å². The maximum absolute atomic E-state index is 14.4. The first-order valence-corrected chi connectivity index (χ1v) is 6.85. The van der Waals surface area contributed by atoms with Crippen molar-refractivity contribution in [3.63, 3.8) is 0 Å². The van der Waals surface area contributed by atoms with E-state index in [0.29, 0.717) is 11.2 Å². The second kappa shape index (κ2) is 4.82. The van der Waals surface area contributed by atoms with Gasteiger partial charge in [0.05, 0.1) is 12.4 Å². The molecule has 1 fully saturated rings. The van der Waals surface area contributed by atoms with Crippen LogP contribution in [0.3, 0.4) is 0 Å². The van der Waals surface area contributed by atoms with Gasteiger partial charge in [-0.1, -0.05) is 25.4 Å². The summed E-state index contributed by atoms with van der Waals surface area (Å²) in [6.07, 6.45) is 0.203. The molecule has 3 rings (SSSR count). The Bertz CT molecular complexity index is 648. The van der Waals surface area contributed by atoms with Crippen LogP contribution < -0.4 is 5.73 Å². The monoisotopic (exact) mass is 299 g/mol. The molecule has 1 saturated heterocycles. The Morgan fingerprint density at radius 1 is 1.50 bits per heavy atom. The van der Waals surface area contributed by atoms with E-state index in [9.17, 15) is 4.39 Å². The summed E-state index contributed by atoms with van der Waals surface area (Å²) in [4.78, 5) is 12.0. The first-order valence-electron chi connectivity index (χ1n) is 6.48. The van der Waals surface area contributed by atoms with Crippen LogP contribution in [-0.2, 0) is 4.74 Å². The number of ether oxygens (including phenoxy) is 1. The summed E-state index contributed by atoms with van der Waals surface area (Å²) in [5.74, 6) is -0.158. The van der Waals surface area contributed by atoms with E-state index in [-0.39, 0.29) is 23.1 Å². The Hall–Kier alpha value is -1.47. The smallest absolute Gasteiger partial charge is 0.223 e. The molecule has 1 aliphatic rings. The highest BCUT2D eigenvalue weighted by molar-refractivity contribution is 6.33. The standard InChI is InChI=1S/C12H15ClFN5O/c1-3-6-5(2)7(14)11(20-6)19-4-16-8-9(13)17-12(15)18-10(8)19/h4-7,11H,3H2,1-2H3,(H2,15,17,18)/t5-,6-,7+,11-/m1/s1. The Kier molecular flexibility index (Phi) is 3.25. The molecule has 0 amide bonds. The third kappa shape index (κ3) is 1.92. The molecule has 0 spiro atoms. The molecule has 0 saturated carbocycles. The average Bonchev–Trinajstić information content (AvgIpc) is 2.93. The van der Waals surface area contributed by atoms with Crippen molar-refractivity contribution in [1.82, 2.24) is 19.5 Å². The zero-order valence-electron chi connectivity index (χ0n) is 11.1. The van der Waals surface area contributed by atoms with Gasteiger partial charge in [0.25, 0.3) is 0 Å². The van der Waals surface area contributed by atoms with E-state index in [4.69, 9.17) is 22.1 Å². The normalized spacial score (nSPS) is 30.2. The van der Waals surface area contributed by atoms with Crippen molar-refractivity contribution in [2.45, 2.75) is 38.8 Å². The fourth-order valence-electron chi connectivity index (χ4n) is 2.61. The predicted octanol–water partition coefficient (Wildman–Crippen LogP) is 2.34. The van der Waals surface area contributed by atoms with Crippen LogP contribution in [0.4, 0.5) is 10.3 Å². The quantitative estimate of drug-likeness (QED) is 0.861. The first-order chi connectivity index (χ1) is 9.52. The fraction of sp³-hybridized carbons (Fsp3) is 0.583. The number of nitrogens with zero attached hydrogens (tertiary/aromatic N) is 4. The van der Waals surface area contributed by atoms with E-state index in [1.54, 1.807) is 0 Å². The Morgan fingerprint density at radius 3 is 2.90 bits per heavy atom. The summed E-state index contributed by atoms with van der Waals surface area (Å²) in [5, 5.41) is 0.153. The zero-order chi connectivity index (χ0) is 14.4. The molecular weight excluding hydrogens is 285 g/mol. The summed E-state index contributed by atoms with van der Waals surface area (Å²) in [7, 11) is 0. The van der Waals surface area contributed by atoms with Crippen LogP contribution in [-0.4, -0.2) is 31.8 Å². The van der Waals surface area contributed by atoms with E-state index in [0.717, 1.165) is 6.42 Å². The highest BCUT2D eigenvalue weighted by atomic mass is 35.5. The average molecular weight is 300 g/mol. The summed E-state index contributed by atoms with van der Waals surface area (Å²) >= 11 is 5.96. The summed E-state index contributed by atoms with van der Waals surface area (Å²) in [5.41, 5.74) is 6.37. The third-order valence-electron chi connectivity index (χ3n) is 3.75. The number of fused-ring (bicyclic) bond motifs is 1. The van der Waals surface area contributed by atoms with Crippen LogP contribution in [0, 0.1) is 5.92 Å². The molecular formula is C12H15ClFN5O. The van der Waals surface area contributed by atoms with Crippen LogP contribution in [0.15, 0.2) is 6.33 Å². The van der Waals surface area contributed by atoms with E-state index in [2.05, 4.69) is 15.0 Å². The highest BCUT2D eigenvalue weighted by Crippen LogP contribution is 2.38. The van der Waals surface area contributed by atoms with Crippen LogP contribution in [0.1, 0.15) is 26.5 Å². The molecule has 0 aliphatic carbocycles. The van der Waals surface area contributed by atoms with Gasteiger partial charge in [-0.3, -0.25) is 4.57 Å². The molecule has 8 heteroatoms. The Balaban J connectivity index is 2.07. The minimum Gasteiger partial charge on any atom is -0.368 e. The molecule has 0 radical (unpaired) electrons. The lowest BCUT2D eigenvalue weighted by Crippen LogP contribution is -2.20. The Morgan fingerprint density at radius 2 is 2.25 bits per heavy atom. The molecule has 108 valence electrons. The number of alkyl halides is 1. The maximum atomic E-state index is 14.4. The van der Waals surface area contributed by atoms with Gasteiger partial charge in [0.2, 0.25) is 5.95 Å². The van der Waals surface area contributed by atoms with Gasteiger partial charge >= 0.3 is 0 Å². The van der Waals surface area contributed by atoms with Crippen molar-refractivity contribution >= 4 is 28.7 Å². The van der Waals surface area contributed by atoms with Crippen molar-refractivity contribution in [1.29, 1.82) is 0 Å². The summed E-state index contributed by atoms with van der Waals surface area (Å²) in [6, 6.07) is 0. The number of halogens is 2. The number of anilines is 1. The molecule has 0 bridgehead atoms. The fourth-order valence-corrected chi connectivity index (χ4v) is 2.83. The van der Waals surface area contributed by atoms with Gasteiger partial charge in [-0.15, -0.1) is 0 Å². The number of aromatic nitrogens is 4. The lowest BCUT2D eigenvalue weighted by molar-refractivity contribution is -0.0186. The van der Waals surface area contributed by atoms with E-state index in [1.165, 1.54) is 10.9 Å². The number of imidazole rings is 1. The first kappa shape index (κ1) is 13.5. The number of hydrogen-bond acceptors (Lipinski definition) is 5. The van der Waals surface area contributed by atoms with Gasteiger partial charge in [0.15, 0.2) is 23.2 Å².